The number of nitrogens with zero attached hydrogens (tertiary/aromatic N) is 7. The van der Waals surface area contributed by atoms with Gasteiger partial charge in [0.1, 0.15) is 16.9 Å². The van der Waals surface area contributed by atoms with Gasteiger partial charge in [0.05, 0.1) is 11.3 Å². The molecule has 10 heteroatoms. The molecule has 1 fully saturated rings. The van der Waals surface area contributed by atoms with Gasteiger partial charge in [-0.15, -0.1) is 0 Å². The van der Waals surface area contributed by atoms with E-state index in [2.05, 4.69) is 50.8 Å². The maximum absolute atomic E-state index is 12.5. The predicted molar refractivity (Wildman–Crippen MR) is 173 cm³/mol. The number of aromatic nitrogens is 4. The normalized spacial score (nSPS) is 14.5. The number of anilines is 1. The van der Waals surface area contributed by atoms with E-state index in [0.717, 1.165) is 66.4 Å². The predicted octanol–water partition coefficient (Wildman–Crippen LogP) is 5.63. The van der Waals surface area contributed by atoms with Crippen molar-refractivity contribution in [1.82, 2.24) is 34.4 Å². The highest BCUT2D eigenvalue weighted by molar-refractivity contribution is 5.84. The van der Waals surface area contributed by atoms with Crippen LogP contribution in [0.2, 0.25) is 0 Å². The van der Waals surface area contributed by atoms with Gasteiger partial charge in [0, 0.05) is 57.2 Å². The Labute approximate surface area is 257 Å². The minimum Gasteiger partial charge on any atom is -0.443 e. The molecule has 5 aromatic rings. The Morgan fingerprint density at radius 2 is 1.64 bits per heavy atom. The minimum atomic E-state index is -0.520. The fourth-order valence-corrected chi connectivity index (χ4v) is 5.41. The highest BCUT2D eigenvalue weighted by Crippen LogP contribution is 2.32. The molecule has 0 radical (unpaired) electrons. The molecule has 0 saturated carbocycles. The Balaban J connectivity index is 1.24. The summed E-state index contributed by atoms with van der Waals surface area (Å²) in [5.41, 5.74) is 12.1. The van der Waals surface area contributed by atoms with Crippen LogP contribution in [0.5, 0.6) is 0 Å². The molecule has 0 spiro atoms. The van der Waals surface area contributed by atoms with Crippen LogP contribution in [0.15, 0.2) is 85.1 Å². The number of carbonyl (C=O) groups excluding carboxylic acids is 1. The molecule has 1 aliphatic rings. The second-order valence-corrected chi connectivity index (χ2v) is 12.0. The Kier molecular flexibility index (Phi) is 8.03. The minimum absolute atomic E-state index is 0.327. The molecule has 226 valence electrons. The number of rotatable bonds is 6. The summed E-state index contributed by atoms with van der Waals surface area (Å²) in [5.74, 6) is 1.11. The number of hydrogen-bond acceptors (Lipinski definition) is 8. The zero-order valence-electron chi connectivity index (χ0n) is 25.6. The molecule has 2 aromatic carbocycles. The van der Waals surface area contributed by atoms with Gasteiger partial charge < -0.3 is 10.5 Å². The van der Waals surface area contributed by atoms with Gasteiger partial charge in [-0.25, -0.2) is 29.8 Å². The molecule has 1 aliphatic heterocycles. The summed E-state index contributed by atoms with van der Waals surface area (Å²) < 4.78 is 7.59. The lowest BCUT2D eigenvalue weighted by Gasteiger charge is -2.39. The van der Waals surface area contributed by atoms with Crippen LogP contribution in [-0.2, 0) is 11.3 Å². The third kappa shape index (κ3) is 6.27. The van der Waals surface area contributed by atoms with E-state index in [0.29, 0.717) is 11.6 Å². The quantitative estimate of drug-likeness (QED) is 0.271. The third-order valence-corrected chi connectivity index (χ3v) is 7.68. The van der Waals surface area contributed by atoms with Crippen molar-refractivity contribution in [3.63, 3.8) is 0 Å². The molecule has 1 saturated heterocycles. The maximum atomic E-state index is 12.5. The molecule has 3 aromatic heterocycles. The maximum Gasteiger partial charge on any atom is 0.424 e. The van der Waals surface area contributed by atoms with Gasteiger partial charge in [-0.2, -0.15) is 0 Å². The third-order valence-electron chi connectivity index (χ3n) is 7.68. The van der Waals surface area contributed by atoms with Gasteiger partial charge in [0.15, 0.2) is 11.5 Å². The lowest BCUT2D eigenvalue weighted by atomic mass is 10.1. The molecule has 0 unspecified atom stereocenters. The molecule has 0 atom stereocenters. The van der Waals surface area contributed by atoms with E-state index < -0.39 is 5.60 Å². The monoisotopic (exact) mass is 590 g/mol. The molecule has 0 bridgehead atoms. The van der Waals surface area contributed by atoms with Crippen molar-refractivity contribution >= 4 is 23.1 Å². The van der Waals surface area contributed by atoms with Crippen LogP contribution in [0.4, 0.5) is 10.6 Å². The SMILES string of the molecule is CN(C(=O)OC(C)(C)C)N1CCN(Cc2ccc(-n3c(-c4cccnc4N)nc4ccc(-c5ccccc5)nc43)cc2)CC1. The number of carbonyl (C=O) groups is 1. The Morgan fingerprint density at radius 1 is 0.909 bits per heavy atom. The van der Waals surface area contributed by atoms with E-state index in [-0.39, 0.29) is 6.09 Å². The lowest BCUT2D eigenvalue weighted by molar-refractivity contribution is -0.0568. The van der Waals surface area contributed by atoms with Gasteiger partial charge in [0.25, 0.3) is 0 Å². The molecular weight excluding hydrogens is 552 g/mol. The average molecular weight is 591 g/mol. The van der Waals surface area contributed by atoms with Gasteiger partial charge in [0.2, 0.25) is 0 Å². The van der Waals surface area contributed by atoms with Crippen LogP contribution >= 0.6 is 0 Å². The van der Waals surface area contributed by atoms with Crippen LogP contribution in [0.3, 0.4) is 0 Å². The largest absolute Gasteiger partial charge is 0.443 e. The highest BCUT2D eigenvalue weighted by atomic mass is 16.6. The number of hydrazine groups is 1. The van der Waals surface area contributed by atoms with Crippen LogP contribution in [0, 0.1) is 0 Å². The van der Waals surface area contributed by atoms with E-state index in [1.807, 2.05) is 68.2 Å². The number of benzene rings is 2. The first-order valence-electron chi connectivity index (χ1n) is 14.9. The fraction of sp³-hybridized carbons (Fsp3) is 0.294. The summed E-state index contributed by atoms with van der Waals surface area (Å²) in [6.07, 6.45) is 1.35. The van der Waals surface area contributed by atoms with Crippen molar-refractivity contribution in [3.8, 4) is 28.3 Å². The average Bonchev–Trinajstić information content (AvgIpc) is 3.40. The fourth-order valence-electron chi connectivity index (χ4n) is 5.41. The van der Waals surface area contributed by atoms with Gasteiger partial charge in [-0.3, -0.25) is 9.47 Å². The topological polar surface area (TPSA) is 106 Å². The molecule has 6 rings (SSSR count). The van der Waals surface area contributed by atoms with Crippen molar-refractivity contribution in [1.29, 1.82) is 0 Å². The van der Waals surface area contributed by atoms with Crippen molar-refractivity contribution in [2.24, 2.45) is 0 Å². The zero-order chi connectivity index (χ0) is 30.8. The van der Waals surface area contributed by atoms with Crippen molar-refractivity contribution in [2.45, 2.75) is 32.9 Å². The summed E-state index contributed by atoms with van der Waals surface area (Å²) in [6.45, 7) is 9.64. The smallest absolute Gasteiger partial charge is 0.424 e. The number of amides is 1. The number of nitrogens with two attached hydrogens (primary N) is 1. The molecular formula is C34H38N8O2. The van der Waals surface area contributed by atoms with Gasteiger partial charge in [-0.05, 0) is 62.7 Å². The van der Waals surface area contributed by atoms with Crippen LogP contribution in [0.25, 0.3) is 39.5 Å². The van der Waals surface area contributed by atoms with Crippen molar-refractivity contribution < 1.29 is 9.53 Å². The van der Waals surface area contributed by atoms with Crippen molar-refractivity contribution in [3.05, 3.63) is 90.6 Å². The first kappa shape index (κ1) is 29.3. The van der Waals surface area contributed by atoms with E-state index in [1.54, 1.807) is 18.3 Å². The number of pyridine rings is 2. The molecule has 2 N–H and O–H groups in total. The Hall–Kier alpha value is -4.80. The van der Waals surface area contributed by atoms with Gasteiger partial charge in [-0.1, -0.05) is 42.5 Å². The summed E-state index contributed by atoms with van der Waals surface area (Å²) >= 11 is 0. The van der Waals surface area contributed by atoms with Crippen LogP contribution in [0.1, 0.15) is 26.3 Å². The number of fused-ring (bicyclic) bond motifs is 1. The molecule has 1 amide bonds. The summed E-state index contributed by atoms with van der Waals surface area (Å²) in [6, 6.07) is 26.5. The number of nitrogen functional groups attached to an aromatic ring is 1. The second-order valence-electron chi connectivity index (χ2n) is 12.0. The van der Waals surface area contributed by atoms with Crippen LogP contribution < -0.4 is 5.73 Å². The highest BCUT2D eigenvalue weighted by Gasteiger charge is 2.27. The lowest BCUT2D eigenvalue weighted by Crippen LogP contribution is -2.54. The van der Waals surface area contributed by atoms with E-state index in [4.69, 9.17) is 20.4 Å². The molecule has 10 nitrogen and oxygen atoms in total. The summed E-state index contributed by atoms with van der Waals surface area (Å²) in [4.78, 5) is 29.2. The first-order valence-corrected chi connectivity index (χ1v) is 14.9. The molecule has 0 aliphatic carbocycles. The Bertz CT molecular complexity index is 1750. The van der Waals surface area contributed by atoms with Crippen LogP contribution in [-0.4, -0.2) is 79.4 Å². The summed E-state index contributed by atoms with van der Waals surface area (Å²) in [5, 5.41) is 3.64. The number of ether oxygens (including phenoxy) is 1. The number of imidazole rings is 1. The number of piperazine rings is 1. The van der Waals surface area contributed by atoms with Crippen molar-refractivity contribution in [2.75, 3.05) is 39.0 Å². The molecule has 4 heterocycles. The standard InChI is InChI=1S/C34H38N8O2/c1-34(2,3)44-33(43)39(4)41-21-19-40(20-22-41)23-24-12-14-26(15-13-24)42-31(27-11-8-18-36-30(27)35)38-29-17-16-28(37-32(29)42)25-9-6-5-7-10-25/h5-18H,19-23H2,1-4H3,(H2,35,36). The van der Waals surface area contributed by atoms with E-state index in [9.17, 15) is 4.79 Å². The van der Waals surface area contributed by atoms with E-state index >= 15 is 0 Å². The summed E-state index contributed by atoms with van der Waals surface area (Å²) in [7, 11) is 1.77. The zero-order valence-corrected chi connectivity index (χ0v) is 25.6. The number of hydrogen-bond donors (Lipinski definition) is 1. The second kappa shape index (κ2) is 12.1. The Morgan fingerprint density at radius 3 is 2.32 bits per heavy atom. The van der Waals surface area contributed by atoms with Gasteiger partial charge >= 0.3 is 6.09 Å². The first-order chi connectivity index (χ1) is 21.2. The molecule has 44 heavy (non-hydrogen) atoms. The van der Waals surface area contributed by atoms with E-state index in [1.165, 1.54) is 5.56 Å².